The van der Waals surface area contributed by atoms with E-state index in [1.807, 2.05) is 6.07 Å². The molecule has 3 heterocycles. The number of thiophene rings is 1. The van der Waals surface area contributed by atoms with Gasteiger partial charge in [0, 0.05) is 0 Å². The number of nitrogens with zero attached hydrogens (tertiary/aromatic N) is 4. The Hall–Kier alpha value is -2.23. The summed E-state index contributed by atoms with van der Waals surface area (Å²) in [7, 11) is 0. The van der Waals surface area contributed by atoms with E-state index in [1.165, 1.54) is 30.1 Å². The molecule has 0 atom stereocenters. The zero-order valence-corrected chi connectivity index (χ0v) is 11.0. The first kappa shape index (κ1) is 11.8. The molecule has 0 saturated heterocycles. The van der Waals surface area contributed by atoms with E-state index in [2.05, 4.69) is 31.8 Å². The van der Waals surface area contributed by atoms with Crippen LogP contribution in [0.2, 0.25) is 5.15 Å². The van der Waals surface area contributed by atoms with Gasteiger partial charge in [-0.05, 0) is 17.9 Å². The van der Waals surface area contributed by atoms with Gasteiger partial charge in [0.25, 0.3) is 0 Å². The van der Waals surface area contributed by atoms with E-state index in [1.54, 1.807) is 0 Å². The van der Waals surface area contributed by atoms with Crippen LogP contribution in [0.4, 0.5) is 5.82 Å². The zero-order valence-electron chi connectivity index (χ0n) is 9.46. The summed E-state index contributed by atoms with van der Waals surface area (Å²) in [5, 5.41) is 1.24. The Morgan fingerprint density at radius 3 is 2.74 bits per heavy atom. The molecule has 0 amide bonds. The van der Waals surface area contributed by atoms with Crippen LogP contribution in [-0.4, -0.2) is 19.9 Å². The number of hydrogen-bond donors (Lipinski definition) is 1. The molecular weight excluding hydrogens is 282 g/mol. The van der Waals surface area contributed by atoms with Gasteiger partial charge in [-0.2, -0.15) is 0 Å². The molecule has 3 rings (SSSR count). The van der Waals surface area contributed by atoms with Crippen LogP contribution in [0.25, 0.3) is 10.2 Å². The number of aromatic nitrogens is 4. The minimum atomic E-state index is 0.370. The van der Waals surface area contributed by atoms with Crippen molar-refractivity contribution in [1.82, 2.24) is 19.9 Å². The van der Waals surface area contributed by atoms with Gasteiger partial charge in [0.2, 0.25) is 0 Å². The third-order valence-electron chi connectivity index (χ3n) is 2.27. The minimum absolute atomic E-state index is 0.370. The molecule has 0 aliphatic carbocycles. The van der Waals surface area contributed by atoms with E-state index in [0.29, 0.717) is 16.7 Å². The standard InChI is InChI=1S/C12H6ClN5S/c13-11-9-3-8(19-12(9)18-6-17-11)2-1-7-4-16-10(14)5-15-7/h3-6H,(H2,14,16). The van der Waals surface area contributed by atoms with Crippen molar-refractivity contribution < 1.29 is 0 Å². The normalized spacial score (nSPS) is 10.2. The summed E-state index contributed by atoms with van der Waals surface area (Å²) in [5.74, 6) is 6.27. The van der Waals surface area contributed by atoms with E-state index < -0.39 is 0 Å². The third kappa shape index (κ3) is 2.47. The van der Waals surface area contributed by atoms with Crippen molar-refractivity contribution in [3.8, 4) is 11.8 Å². The van der Waals surface area contributed by atoms with Crippen molar-refractivity contribution in [2.75, 3.05) is 5.73 Å². The van der Waals surface area contributed by atoms with Crippen molar-refractivity contribution in [2.24, 2.45) is 0 Å². The van der Waals surface area contributed by atoms with Gasteiger partial charge in [-0.25, -0.2) is 19.9 Å². The number of nitrogens with two attached hydrogens (primary N) is 1. The van der Waals surface area contributed by atoms with E-state index >= 15 is 0 Å². The number of nitrogen functional groups attached to an aromatic ring is 1. The van der Waals surface area contributed by atoms with Crippen LogP contribution in [0.5, 0.6) is 0 Å². The van der Waals surface area contributed by atoms with Crippen LogP contribution in [0, 0.1) is 11.8 Å². The first-order chi connectivity index (χ1) is 9.22. The van der Waals surface area contributed by atoms with Gasteiger partial charge in [0.05, 0.1) is 22.7 Å². The van der Waals surface area contributed by atoms with Gasteiger partial charge in [0.15, 0.2) is 0 Å². The maximum Gasteiger partial charge on any atom is 0.141 e. The fraction of sp³-hybridized carbons (Fsp3) is 0. The summed E-state index contributed by atoms with van der Waals surface area (Å²) in [5.41, 5.74) is 6.01. The molecule has 0 bridgehead atoms. The molecule has 3 aromatic heterocycles. The topological polar surface area (TPSA) is 77.6 Å². The molecule has 7 heteroatoms. The summed E-state index contributed by atoms with van der Waals surface area (Å²) in [4.78, 5) is 17.7. The van der Waals surface area contributed by atoms with Crippen LogP contribution < -0.4 is 5.73 Å². The highest BCUT2D eigenvalue weighted by atomic mass is 35.5. The molecule has 0 radical (unpaired) electrons. The number of fused-ring (bicyclic) bond motifs is 1. The maximum atomic E-state index is 5.98. The van der Waals surface area contributed by atoms with Gasteiger partial charge in [-0.3, -0.25) is 0 Å². The smallest absolute Gasteiger partial charge is 0.141 e. The van der Waals surface area contributed by atoms with Crippen molar-refractivity contribution in [1.29, 1.82) is 0 Å². The zero-order chi connectivity index (χ0) is 13.2. The molecule has 19 heavy (non-hydrogen) atoms. The lowest BCUT2D eigenvalue weighted by Gasteiger charge is -1.89. The highest BCUT2D eigenvalue weighted by molar-refractivity contribution is 7.19. The van der Waals surface area contributed by atoms with Crippen molar-refractivity contribution in [2.45, 2.75) is 0 Å². The Labute approximate surface area is 117 Å². The molecule has 0 aromatic carbocycles. The van der Waals surface area contributed by atoms with Crippen molar-refractivity contribution in [3.05, 3.63) is 40.5 Å². The second-order valence-corrected chi connectivity index (χ2v) is 4.96. The van der Waals surface area contributed by atoms with Gasteiger partial charge >= 0.3 is 0 Å². The molecule has 0 aliphatic heterocycles. The average Bonchev–Trinajstić information content (AvgIpc) is 2.83. The second-order valence-electron chi connectivity index (χ2n) is 3.57. The molecule has 3 aromatic rings. The molecule has 0 saturated carbocycles. The summed E-state index contributed by atoms with van der Waals surface area (Å²) in [6, 6.07) is 1.86. The lowest BCUT2D eigenvalue weighted by atomic mass is 10.3. The highest BCUT2D eigenvalue weighted by Gasteiger charge is 2.05. The quantitative estimate of drug-likeness (QED) is 0.506. The van der Waals surface area contributed by atoms with Crippen LogP contribution in [0.15, 0.2) is 24.8 Å². The van der Waals surface area contributed by atoms with Crippen LogP contribution in [0.1, 0.15) is 10.6 Å². The summed E-state index contributed by atoms with van der Waals surface area (Å²) >= 11 is 7.43. The minimum Gasteiger partial charge on any atom is -0.382 e. The lowest BCUT2D eigenvalue weighted by molar-refractivity contribution is 1.18. The summed E-state index contributed by atoms with van der Waals surface area (Å²) < 4.78 is 0. The SMILES string of the molecule is Nc1cnc(C#Cc2cc3c(Cl)ncnc3s2)cn1. The number of anilines is 1. The van der Waals surface area contributed by atoms with Crippen LogP contribution in [0.3, 0.4) is 0 Å². The third-order valence-corrected chi connectivity index (χ3v) is 3.53. The van der Waals surface area contributed by atoms with Gasteiger partial charge < -0.3 is 5.73 Å². The fourth-order valence-corrected chi connectivity index (χ4v) is 2.51. The molecule has 0 spiro atoms. The van der Waals surface area contributed by atoms with E-state index in [4.69, 9.17) is 17.3 Å². The van der Waals surface area contributed by atoms with Gasteiger partial charge in [0.1, 0.15) is 27.8 Å². The predicted molar refractivity (Wildman–Crippen MR) is 74.8 cm³/mol. The molecule has 5 nitrogen and oxygen atoms in total. The molecule has 2 N–H and O–H groups in total. The lowest BCUT2D eigenvalue weighted by Crippen LogP contribution is -1.92. The highest BCUT2D eigenvalue weighted by Crippen LogP contribution is 2.27. The number of halogens is 1. The molecule has 0 fully saturated rings. The number of rotatable bonds is 0. The predicted octanol–water partition coefficient (Wildman–Crippen LogP) is 2.12. The van der Waals surface area contributed by atoms with Crippen LogP contribution >= 0.6 is 22.9 Å². The largest absolute Gasteiger partial charge is 0.382 e. The van der Waals surface area contributed by atoms with E-state index in [0.717, 1.165) is 15.1 Å². The number of hydrogen-bond acceptors (Lipinski definition) is 6. The average molecular weight is 288 g/mol. The Bertz CT molecular complexity index is 800. The Morgan fingerprint density at radius 1 is 1.11 bits per heavy atom. The van der Waals surface area contributed by atoms with Gasteiger partial charge in [-0.1, -0.05) is 11.6 Å². The monoisotopic (exact) mass is 287 g/mol. The van der Waals surface area contributed by atoms with Crippen LogP contribution in [-0.2, 0) is 0 Å². The fourth-order valence-electron chi connectivity index (χ4n) is 1.42. The molecular formula is C12H6ClN5S. The van der Waals surface area contributed by atoms with Crippen molar-refractivity contribution in [3.63, 3.8) is 0 Å². The maximum absolute atomic E-state index is 5.98. The van der Waals surface area contributed by atoms with E-state index in [9.17, 15) is 0 Å². The Kier molecular flexibility index (Phi) is 2.99. The Morgan fingerprint density at radius 2 is 2.00 bits per heavy atom. The molecule has 0 unspecified atom stereocenters. The van der Waals surface area contributed by atoms with E-state index in [-0.39, 0.29) is 0 Å². The Balaban J connectivity index is 1.98. The second kappa shape index (κ2) is 4.80. The van der Waals surface area contributed by atoms with Crippen molar-refractivity contribution >= 4 is 39.0 Å². The molecule has 0 aliphatic rings. The molecule has 92 valence electrons. The first-order valence-electron chi connectivity index (χ1n) is 5.22. The summed E-state index contributed by atoms with van der Waals surface area (Å²) in [6.45, 7) is 0. The first-order valence-corrected chi connectivity index (χ1v) is 6.41. The van der Waals surface area contributed by atoms with Gasteiger partial charge in [-0.15, -0.1) is 11.3 Å². The summed E-state index contributed by atoms with van der Waals surface area (Å²) in [6.07, 6.45) is 4.43.